The Balaban J connectivity index is 0.00000280. The Morgan fingerprint density at radius 1 is 1.11 bits per heavy atom. The number of nitrogens with one attached hydrogen (secondary N) is 2. The Hall–Kier alpha value is -2.49. The maximum atomic E-state index is 14.3. The number of nitrogens with zero attached hydrogens (tertiary/aromatic N) is 3. The molecule has 0 saturated carbocycles. The van der Waals surface area contributed by atoms with Crippen LogP contribution in [-0.2, 0) is 13.0 Å². The minimum atomic E-state index is -0.318. The molecule has 3 rings (SSSR count). The first-order valence-corrected chi connectivity index (χ1v) is 8.61. The molecule has 2 N–H and O–H groups in total. The first-order valence-electron chi connectivity index (χ1n) is 8.61. The fraction of sp³-hybridized carbons (Fsp3) is 0.200. The molecule has 1 aromatic heterocycles. The number of hydrogen-bond donors (Lipinski definition) is 2. The molecular weight excluding hydrogens is 475 g/mol. The molecule has 8 heteroatoms. The largest absolute Gasteiger partial charge is 0.356 e. The van der Waals surface area contributed by atoms with Crippen LogP contribution in [0.5, 0.6) is 0 Å². The number of aliphatic imine (C=N–C) groups is 1. The van der Waals surface area contributed by atoms with E-state index in [0.29, 0.717) is 31.2 Å². The fourth-order valence-electron chi connectivity index (χ4n) is 2.70. The van der Waals surface area contributed by atoms with Crippen molar-refractivity contribution in [2.24, 2.45) is 4.99 Å². The third-order valence-electron chi connectivity index (χ3n) is 4.07. The average Bonchev–Trinajstić information content (AvgIpc) is 3.19. The summed E-state index contributed by atoms with van der Waals surface area (Å²) < 4.78 is 29.1. The molecule has 2 aromatic carbocycles. The molecule has 1 heterocycles. The lowest BCUT2D eigenvalue weighted by Gasteiger charge is -2.13. The van der Waals surface area contributed by atoms with E-state index in [1.165, 1.54) is 18.2 Å². The van der Waals surface area contributed by atoms with Crippen molar-refractivity contribution in [3.8, 4) is 5.69 Å². The molecule has 0 saturated heterocycles. The van der Waals surface area contributed by atoms with E-state index < -0.39 is 0 Å². The van der Waals surface area contributed by atoms with Crippen molar-refractivity contribution in [1.29, 1.82) is 0 Å². The van der Waals surface area contributed by atoms with Gasteiger partial charge in [0.2, 0.25) is 0 Å². The first kappa shape index (κ1) is 21.8. The molecule has 5 nitrogen and oxygen atoms in total. The van der Waals surface area contributed by atoms with Crippen LogP contribution in [0.15, 0.2) is 66.2 Å². The lowest BCUT2D eigenvalue weighted by molar-refractivity contribution is 0.614. The summed E-state index contributed by atoms with van der Waals surface area (Å²) in [6, 6.07) is 11.6. The summed E-state index contributed by atoms with van der Waals surface area (Å²) in [5.74, 6) is 0.0445. The van der Waals surface area contributed by atoms with Gasteiger partial charge in [0.1, 0.15) is 11.6 Å². The summed E-state index contributed by atoms with van der Waals surface area (Å²) in [4.78, 5) is 8.07. The van der Waals surface area contributed by atoms with Crippen LogP contribution in [0.1, 0.15) is 11.1 Å². The Labute approximate surface area is 179 Å². The highest BCUT2D eigenvalue weighted by atomic mass is 127. The molecule has 28 heavy (non-hydrogen) atoms. The molecule has 0 aliphatic carbocycles. The molecule has 0 spiro atoms. The van der Waals surface area contributed by atoms with Crippen molar-refractivity contribution in [3.63, 3.8) is 0 Å². The van der Waals surface area contributed by atoms with Crippen LogP contribution in [0.2, 0.25) is 0 Å². The van der Waals surface area contributed by atoms with Crippen LogP contribution in [0.25, 0.3) is 5.69 Å². The molecule has 0 aliphatic rings. The molecule has 0 bridgehead atoms. The smallest absolute Gasteiger partial charge is 0.191 e. The van der Waals surface area contributed by atoms with Gasteiger partial charge in [0.15, 0.2) is 5.96 Å². The summed E-state index contributed by atoms with van der Waals surface area (Å²) in [6.07, 6.45) is 5.53. The number of rotatable bonds is 6. The van der Waals surface area contributed by atoms with E-state index in [9.17, 15) is 8.78 Å². The zero-order valence-corrected chi connectivity index (χ0v) is 17.7. The average molecular weight is 497 g/mol. The zero-order valence-electron chi connectivity index (χ0n) is 15.4. The third kappa shape index (κ3) is 6.01. The first-order chi connectivity index (χ1) is 13.2. The minimum absolute atomic E-state index is 0. The van der Waals surface area contributed by atoms with Gasteiger partial charge in [-0.25, -0.2) is 13.8 Å². The molecule has 0 atom stereocenters. The number of benzene rings is 2. The van der Waals surface area contributed by atoms with E-state index in [2.05, 4.69) is 20.6 Å². The van der Waals surface area contributed by atoms with Crippen LogP contribution >= 0.6 is 24.0 Å². The van der Waals surface area contributed by atoms with Gasteiger partial charge in [0.25, 0.3) is 0 Å². The maximum absolute atomic E-state index is 14.3. The second-order valence-corrected chi connectivity index (χ2v) is 5.99. The van der Waals surface area contributed by atoms with Crippen LogP contribution in [0.4, 0.5) is 8.78 Å². The van der Waals surface area contributed by atoms with E-state index in [-0.39, 0.29) is 35.6 Å². The normalized spacial score (nSPS) is 11.0. The summed E-state index contributed by atoms with van der Waals surface area (Å²) in [7, 11) is 1.67. The molecule has 3 aromatic rings. The fourth-order valence-corrected chi connectivity index (χ4v) is 2.70. The maximum Gasteiger partial charge on any atom is 0.191 e. The molecule has 148 valence electrons. The van der Waals surface area contributed by atoms with Gasteiger partial charge in [-0.05, 0) is 41.8 Å². The molecule has 0 aliphatic heterocycles. The van der Waals surface area contributed by atoms with Crippen LogP contribution in [-0.4, -0.2) is 29.1 Å². The van der Waals surface area contributed by atoms with Crippen molar-refractivity contribution >= 4 is 29.9 Å². The molecule has 0 fully saturated rings. The van der Waals surface area contributed by atoms with Crippen molar-refractivity contribution < 1.29 is 8.78 Å². The van der Waals surface area contributed by atoms with E-state index in [1.54, 1.807) is 42.5 Å². The predicted octanol–water partition coefficient (Wildman–Crippen LogP) is 3.68. The van der Waals surface area contributed by atoms with Gasteiger partial charge < -0.3 is 15.2 Å². The molecule has 0 unspecified atom stereocenters. The van der Waals surface area contributed by atoms with Gasteiger partial charge in [0.05, 0.1) is 12.0 Å². The highest BCUT2D eigenvalue weighted by Crippen LogP contribution is 2.14. The van der Waals surface area contributed by atoms with Gasteiger partial charge >= 0.3 is 0 Å². The second-order valence-electron chi connectivity index (χ2n) is 5.99. The van der Waals surface area contributed by atoms with Gasteiger partial charge in [-0.3, -0.25) is 4.99 Å². The van der Waals surface area contributed by atoms with Crippen molar-refractivity contribution in [2.75, 3.05) is 13.6 Å². The zero-order chi connectivity index (χ0) is 19.1. The summed E-state index contributed by atoms with van der Waals surface area (Å²) in [6.45, 7) is 1.04. The van der Waals surface area contributed by atoms with E-state index in [0.717, 1.165) is 11.1 Å². The number of aromatic nitrogens is 2. The van der Waals surface area contributed by atoms with Gasteiger partial charge in [-0.15, -0.1) is 24.0 Å². The number of hydrogen-bond acceptors (Lipinski definition) is 2. The van der Waals surface area contributed by atoms with Gasteiger partial charge in [-0.1, -0.05) is 18.2 Å². The van der Waals surface area contributed by atoms with Gasteiger partial charge in [-0.2, -0.15) is 0 Å². The highest BCUT2D eigenvalue weighted by molar-refractivity contribution is 14.0. The molecule has 0 amide bonds. The van der Waals surface area contributed by atoms with E-state index >= 15 is 0 Å². The van der Waals surface area contributed by atoms with Crippen LogP contribution < -0.4 is 10.6 Å². The Morgan fingerprint density at radius 3 is 2.64 bits per heavy atom. The monoisotopic (exact) mass is 497 g/mol. The lowest BCUT2D eigenvalue weighted by Crippen LogP contribution is -2.37. The van der Waals surface area contributed by atoms with Crippen molar-refractivity contribution in [2.45, 2.75) is 13.0 Å². The summed E-state index contributed by atoms with van der Waals surface area (Å²) in [5.41, 5.74) is 2.16. The summed E-state index contributed by atoms with van der Waals surface area (Å²) >= 11 is 0. The van der Waals surface area contributed by atoms with E-state index in [4.69, 9.17) is 0 Å². The van der Waals surface area contributed by atoms with E-state index in [1.807, 2.05) is 12.1 Å². The van der Waals surface area contributed by atoms with Crippen LogP contribution in [0, 0.1) is 11.6 Å². The SMILES string of the molecule is CN=C(NCCc1cccc(F)c1)NCc1ccc(-n2ccnc2)c(F)c1.I. The van der Waals surface area contributed by atoms with Gasteiger partial charge in [0, 0.05) is 32.5 Å². The number of guanidine groups is 1. The quantitative estimate of drug-likeness (QED) is 0.311. The standard InChI is InChI=1S/C20H21F2N5.HI/c1-23-20(25-8-7-15-3-2-4-17(21)11-15)26-13-16-5-6-19(18(22)12-16)27-10-9-24-14-27;/h2-6,9-12,14H,7-8,13H2,1H3,(H2,23,25,26);1H. The lowest BCUT2D eigenvalue weighted by atomic mass is 10.1. The third-order valence-corrected chi connectivity index (χ3v) is 4.07. The Bertz CT molecular complexity index is 913. The second kappa shape index (κ2) is 10.7. The minimum Gasteiger partial charge on any atom is -0.356 e. The number of imidazole rings is 1. The number of halogens is 3. The Morgan fingerprint density at radius 2 is 1.96 bits per heavy atom. The topological polar surface area (TPSA) is 54.2 Å². The van der Waals surface area contributed by atoms with Crippen molar-refractivity contribution in [3.05, 3.63) is 83.9 Å². The molecular formula is C20H22F2IN5. The Kier molecular flexibility index (Phi) is 8.37. The van der Waals surface area contributed by atoms with Crippen molar-refractivity contribution in [1.82, 2.24) is 20.2 Å². The predicted molar refractivity (Wildman–Crippen MR) is 117 cm³/mol. The molecule has 0 radical (unpaired) electrons. The van der Waals surface area contributed by atoms with Crippen LogP contribution in [0.3, 0.4) is 0 Å². The highest BCUT2D eigenvalue weighted by Gasteiger charge is 2.06. The summed E-state index contributed by atoms with van der Waals surface area (Å²) in [5, 5.41) is 6.31.